The Morgan fingerprint density at radius 3 is 2.77 bits per heavy atom. The standard InChI is InChI=1S/C10H15NO2/c1-3-9(12)7-11-8(2)5-4-6-10(11)13/h4-6,9,12H,3,7H2,1-2H3. The Morgan fingerprint density at radius 1 is 1.54 bits per heavy atom. The molecule has 0 aliphatic heterocycles. The fourth-order valence-electron chi connectivity index (χ4n) is 1.20. The molecule has 72 valence electrons. The minimum atomic E-state index is -0.432. The summed E-state index contributed by atoms with van der Waals surface area (Å²) in [6.07, 6.45) is 0.236. The summed E-state index contributed by atoms with van der Waals surface area (Å²) in [7, 11) is 0. The number of pyridine rings is 1. The van der Waals surface area contributed by atoms with E-state index in [-0.39, 0.29) is 5.56 Å². The van der Waals surface area contributed by atoms with Crippen LogP contribution in [0.25, 0.3) is 0 Å². The molecule has 0 fully saturated rings. The molecular weight excluding hydrogens is 166 g/mol. The Hall–Kier alpha value is -1.09. The predicted molar refractivity (Wildman–Crippen MR) is 51.7 cm³/mol. The minimum Gasteiger partial charge on any atom is -0.391 e. The molecule has 13 heavy (non-hydrogen) atoms. The Balaban J connectivity index is 2.93. The summed E-state index contributed by atoms with van der Waals surface area (Å²) in [5.74, 6) is 0. The molecular formula is C10H15NO2. The molecule has 0 bridgehead atoms. The average molecular weight is 181 g/mol. The van der Waals surface area contributed by atoms with Gasteiger partial charge in [0.05, 0.1) is 12.6 Å². The van der Waals surface area contributed by atoms with E-state index in [0.717, 1.165) is 5.69 Å². The van der Waals surface area contributed by atoms with Crippen LogP contribution in [0.5, 0.6) is 0 Å². The second-order valence-corrected chi connectivity index (χ2v) is 3.18. The molecule has 0 saturated heterocycles. The number of rotatable bonds is 3. The lowest BCUT2D eigenvalue weighted by molar-refractivity contribution is 0.148. The van der Waals surface area contributed by atoms with E-state index < -0.39 is 6.10 Å². The van der Waals surface area contributed by atoms with Crippen molar-refractivity contribution in [2.45, 2.75) is 32.9 Å². The lowest BCUT2D eigenvalue weighted by atomic mass is 10.2. The van der Waals surface area contributed by atoms with E-state index in [2.05, 4.69) is 0 Å². The lowest BCUT2D eigenvalue weighted by Crippen LogP contribution is -2.27. The van der Waals surface area contributed by atoms with Crippen molar-refractivity contribution in [1.29, 1.82) is 0 Å². The first-order valence-electron chi connectivity index (χ1n) is 4.49. The number of aliphatic hydroxyl groups is 1. The van der Waals surface area contributed by atoms with E-state index >= 15 is 0 Å². The van der Waals surface area contributed by atoms with Crippen LogP contribution >= 0.6 is 0 Å². The highest BCUT2D eigenvalue weighted by Gasteiger charge is 2.04. The predicted octanol–water partition coefficient (Wildman–Crippen LogP) is 0.928. The van der Waals surface area contributed by atoms with Gasteiger partial charge in [-0.05, 0) is 19.4 Å². The van der Waals surface area contributed by atoms with Gasteiger partial charge in [0.15, 0.2) is 0 Å². The monoisotopic (exact) mass is 181 g/mol. The largest absolute Gasteiger partial charge is 0.391 e. The van der Waals surface area contributed by atoms with Gasteiger partial charge < -0.3 is 9.67 Å². The lowest BCUT2D eigenvalue weighted by Gasteiger charge is -2.12. The second kappa shape index (κ2) is 4.23. The Labute approximate surface area is 77.6 Å². The third-order valence-corrected chi connectivity index (χ3v) is 2.13. The molecule has 0 aliphatic carbocycles. The molecule has 1 atom stereocenters. The first-order chi connectivity index (χ1) is 6.15. The molecule has 3 heteroatoms. The molecule has 0 amide bonds. The van der Waals surface area contributed by atoms with Crippen molar-refractivity contribution in [3.8, 4) is 0 Å². The van der Waals surface area contributed by atoms with Crippen LogP contribution in [0, 0.1) is 6.92 Å². The highest BCUT2D eigenvalue weighted by Crippen LogP contribution is 1.98. The Bertz CT molecular complexity index is 330. The quantitative estimate of drug-likeness (QED) is 0.753. The molecule has 1 unspecified atom stereocenters. The van der Waals surface area contributed by atoms with Crippen LogP contribution in [-0.2, 0) is 6.54 Å². The van der Waals surface area contributed by atoms with Gasteiger partial charge in [-0.15, -0.1) is 0 Å². The van der Waals surface area contributed by atoms with E-state index in [1.807, 2.05) is 19.9 Å². The van der Waals surface area contributed by atoms with Crippen LogP contribution in [0.2, 0.25) is 0 Å². The molecule has 0 aromatic carbocycles. The molecule has 0 aliphatic rings. The van der Waals surface area contributed by atoms with Crippen LogP contribution in [0.3, 0.4) is 0 Å². The van der Waals surface area contributed by atoms with E-state index in [9.17, 15) is 9.90 Å². The Kier molecular flexibility index (Phi) is 3.25. The fraction of sp³-hybridized carbons (Fsp3) is 0.500. The van der Waals surface area contributed by atoms with E-state index in [1.165, 1.54) is 6.07 Å². The molecule has 0 radical (unpaired) electrons. The molecule has 1 rings (SSSR count). The number of aryl methyl sites for hydroxylation is 1. The smallest absolute Gasteiger partial charge is 0.250 e. The molecule has 0 saturated carbocycles. The van der Waals surface area contributed by atoms with E-state index in [0.29, 0.717) is 13.0 Å². The molecule has 3 nitrogen and oxygen atoms in total. The second-order valence-electron chi connectivity index (χ2n) is 3.18. The molecule has 1 N–H and O–H groups in total. The number of hydrogen-bond acceptors (Lipinski definition) is 2. The van der Waals surface area contributed by atoms with Crippen LogP contribution in [0.15, 0.2) is 23.0 Å². The van der Waals surface area contributed by atoms with Crippen LogP contribution < -0.4 is 5.56 Å². The zero-order chi connectivity index (χ0) is 9.84. The third kappa shape index (κ3) is 2.42. The van der Waals surface area contributed by atoms with Gasteiger partial charge >= 0.3 is 0 Å². The summed E-state index contributed by atoms with van der Waals surface area (Å²) < 4.78 is 1.59. The van der Waals surface area contributed by atoms with Crippen molar-refractivity contribution >= 4 is 0 Å². The summed E-state index contributed by atoms with van der Waals surface area (Å²) in [5.41, 5.74) is 0.840. The van der Waals surface area contributed by atoms with Crippen molar-refractivity contribution in [2.24, 2.45) is 0 Å². The third-order valence-electron chi connectivity index (χ3n) is 2.13. The van der Waals surface area contributed by atoms with Gasteiger partial charge in [-0.2, -0.15) is 0 Å². The minimum absolute atomic E-state index is 0.0486. The SMILES string of the molecule is CCC(O)Cn1c(C)cccc1=O. The fourth-order valence-corrected chi connectivity index (χ4v) is 1.20. The maximum absolute atomic E-state index is 11.3. The number of aromatic nitrogens is 1. The summed E-state index contributed by atoms with van der Waals surface area (Å²) in [6, 6.07) is 5.10. The van der Waals surface area contributed by atoms with Crippen LogP contribution in [0.4, 0.5) is 0 Å². The van der Waals surface area contributed by atoms with E-state index in [1.54, 1.807) is 10.6 Å². The number of nitrogens with zero attached hydrogens (tertiary/aromatic N) is 1. The average Bonchev–Trinajstić information content (AvgIpc) is 2.11. The summed E-state index contributed by atoms with van der Waals surface area (Å²) >= 11 is 0. The normalized spacial score (nSPS) is 12.8. The maximum atomic E-state index is 11.3. The topological polar surface area (TPSA) is 42.2 Å². The first-order valence-corrected chi connectivity index (χ1v) is 4.49. The van der Waals surface area contributed by atoms with Crippen molar-refractivity contribution in [1.82, 2.24) is 4.57 Å². The zero-order valence-electron chi connectivity index (χ0n) is 8.03. The van der Waals surface area contributed by atoms with Gasteiger partial charge in [0, 0.05) is 11.8 Å². The summed E-state index contributed by atoms with van der Waals surface area (Å²) in [5, 5.41) is 9.40. The van der Waals surface area contributed by atoms with Gasteiger partial charge in [0.25, 0.3) is 5.56 Å². The summed E-state index contributed by atoms with van der Waals surface area (Å²) in [6.45, 7) is 4.15. The summed E-state index contributed by atoms with van der Waals surface area (Å²) in [4.78, 5) is 11.3. The van der Waals surface area contributed by atoms with Gasteiger partial charge in [-0.1, -0.05) is 13.0 Å². The van der Waals surface area contributed by atoms with Crippen molar-refractivity contribution in [2.75, 3.05) is 0 Å². The number of hydrogen-bond donors (Lipinski definition) is 1. The number of aliphatic hydroxyl groups excluding tert-OH is 1. The van der Waals surface area contributed by atoms with Gasteiger partial charge in [0.2, 0.25) is 0 Å². The van der Waals surface area contributed by atoms with E-state index in [4.69, 9.17) is 0 Å². The van der Waals surface area contributed by atoms with Crippen molar-refractivity contribution in [3.05, 3.63) is 34.2 Å². The van der Waals surface area contributed by atoms with Crippen LogP contribution in [0.1, 0.15) is 19.0 Å². The molecule has 1 heterocycles. The highest BCUT2D eigenvalue weighted by molar-refractivity contribution is 5.04. The molecule has 1 aromatic rings. The van der Waals surface area contributed by atoms with Gasteiger partial charge in [-0.3, -0.25) is 4.79 Å². The highest BCUT2D eigenvalue weighted by atomic mass is 16.3. The van der Waals surface area contributed by atoms with Crippen molar-refractivity contribution in [3.63, 3.8) is 0 Å². The first kappa shape index (κ1) is 9.99. The maximum Gasteiger partial charge on any atom is 0.250 e. The van der Waals surface area contributed by atoms with Crippen LogP contribution in [-0.4, -0.2) is 15.8 Å². The zero-order valence-corrected chi connectivity index (χ0v) is 8.03. The van der Waals surface area contributed by atoms with Gasteiger partial charge in [-0.25, -0.2) is 0 Å². The Morgan fingerprint density at radius 2 is 2.23 bits per heavy atom. The molecule has 1 aromatic heterocycles. The molecule has 0 spiro atoms. The van der Waals surface area contributed by atoms with Gasteiger partial charge in [0.1, 0.15) is 0 Å². The van der Waals surface area contributed by atoms with Crippen molar-refractivity contribution < 1.29 is 5.11 Å².